The first-order chi connectivity index (χ1) is 47.2. The van der Waals surface area contributed by atoms with Crippen molar-refractivity contribution < 1.29 is 63.3 Å². The van der Waals surface area contributed by atoms with E-state index in [9.17, 15) is 12.3 Å². The first-order valence-electron chi connectivity index (χ1n) is 36.9. The first kappa shape index (κ1) is 29.6. The Morgan fingerprint density at radius 2 is 1.29 bits per heavy atom. The fourth-order valence-electron chi connectivity index (χ4n) is 10.9. The number of benzene rings is 9. The van der Waals surface area contributed by atoms with Crippen LogP contribution in [0, 0.1) is 18.5 Å². The van der Waals surface area contributed by atoms with Crippen LogP contribution in [0.25, 0.3) is 106 Å². The summed E-state index contributed by atoms with van der Waals surface area (Å²) in [7, 11) is 0. The summed E-state index contributed by atoms with van der Waals surface area (Å²) < 4.78 is 234. The second kappa shape index (κ2) is 18.5. The van der Waals surface area contributed by atoms with E-state index in [1.165, 1.54) is 16.7 Å². The van der Waals surface area contributed by atoms with Crippen LogP contribution < -0.4 is 9.30 Å². The predicted octanol–water partition coefficient (Wildman–Crippen LogP) is 17.9. The van der Waals surface area contributed by atoms with Crippen molar-refractivity contribution >= 4 is 32.8 Å². The molecule has 6 heteroatoms. The van der Waals surface area contributed by atoms with Gasteiger partial charge in [0.1, 0.15) is 5.82 Å². The standard InChI is InChI=1S/C72H58N4O.Pt/c1-70(2,3)48-37-40-73-66(42-48)76-63-31-14-13-24-55(63)56-35-34-51(44-65(56)76)77-50-22-15-21-49(43-50)74-45-75-68-53(47-33-36-61-62(41-47)72(6,7)39-38-71(61,4)5)27-17-29-60(68)58-28-16-26-52(46-19-9-8-10-20-46)67(58)57-25-12-11-23-54(57)59-30-18-32-64(74)69(59)75;/h8-37,40-42H,38-39H2,1-7H3;/q-2;/i4D3,5D3,6D3,7D3,8D,9D,10D,19D,20D,33D,36D,38D2,39D2,41D;. The van der Waals surface area contributed by atoms with Crippen molar-refractivity contribution in [2.45, 2.75) is 77.2 Å². The number of pyridine rings is 1. The second-order valence-corrected chi connectivity index (χ2v) is 20.3. The maximum absolute atomic E-state index is 10.5. The summed E-state index contributed by atoms with van der Waals surface area (Å²) >= 11 is 0. The average Bonchev–Trinajstić information content (AvgIpc) is 0.744. The Kier molecular flexibility index (Phi) is 7.03. The summed E-state index contributed by atoms with van der Waals surface area (Å²) in [5.41, 5.74) is -8.10. The number of hydrogen-bond donors (Lipinski definition) is 0. The maximum Gasteiger partial charge on any atom is 0.268 e. The number of nitrogens with zero attached hydrogens (tertiary/aromatic N) is 4. The average molecular weight is 1210 g/mol. The third kappa shape index (κ3) is 8.00. The van der Waals surface area contributed by atoms with Crippen molar-refractivity contribution in [1.29, 1.82) is 0 Å². The van der Waals surface area contributed by atoms with Crippen LogP contribution in [0.5, 0.6) is 11.5 Å². The summed E-state index contributed by atoms with van der Waals surface area (Å²) in [4.78, 5) is 4.82. The summed E-state index contributed by atoms with van der Waals surface area (Å²) in [6, 6.07) is 41.9. The van der Waals surface area contributed by atoms with E-state index >= 15 is 0 Å². The molecule has 12 aromatic rings. The van der Waals surface area contributed by atoms with Crippen molar-refractivity contribution in [3.8, 4) is 84.3 Å². The molecule has 4 heterocycles. The normalized spacial score (nSPS) is 20.5. The molecule has 78 heavy (non-hydrogen) atoms. The van der Waals surface area contributed by atoms with Crippen LogP contribution in [0.4, 0.5) is 0 Å². The van der Waals surface area contributed by atoms with E-state index in [0.717, 1.165) is 21.9 Å². The fraction of sp³-hybridized carbons (Fsp3) is 0.167. The molecule has 3 aromatic heterocycles. The van der Waals surface area contributed by atoms with E-state index in [4.69, 9.17) is 30.3 Å². The van der Waals surface area contributed by atoms with Crippen molar-refractivity contribution in [3.63, 3.8) is 0 Å². The van der Waals surface area contributed by atoms with Gasteiger partial charge in [-0.15, -0.1) is 29.7 Å². The molecule has 1 aliphatic heterocycles. The Hall–Kier alpha value is -8.11. The van der Waals surface area contributed by atoms with Crippen LogP contribution in [0.15, 0.2) is 200 Å². The van der Waals surface area contributed by atoms with Gasteiger partial charge >= 0.3 is 0 Å². The molecule has 0 unspecified atom stereocenters. The number of aromatic nitrogens is 4. The summed E-state index contributed by atoms with van der Waals surface area (Å²) in [6.45, 7) is -10.9. The van der Waals surface area contributed by atoms with E-state index in [0.29, 0.717) is 45.0 Å². The van der Waals surface area contributed by atoms with Gasteiger partial charge in [-0.3, -0.25) is 4.57 Å². The van der Waals surface area contributed by atoms with E-state index < -0.39 is 116 Å². The molecule has 2 aliphatic rings. The molecule has 0 saturated heterocycles. The van der Waals surface area contributed by atoms with Crippen LogP contribution in [-0.4, -0.2) is 14.1 Å². The molecule has 0 fully saturated rings. The summed E-state index contributed by atoms with van der Waals surface area (Å²) in [5, 5.41) is 1.83. The molecule has 0 N–H and O–H groups in total. The Labute approximate surface area is 505 Å². The van der Waals surface area contributed by atoms with E-state index in [1.807, 2.05) is 47.0 Å². The van der Waals surface area contributed by atoms with Gasteiger partial charge in [-0.25, -0.2) is 4.98 Å². The number of imidazole rings is 1. The molecule has 5 nitrogen and oxygen atoms in total. The van der Waals surface area contributed by atoms with Gasteiger partial charge in [-0.05, 0) is 131 Å². The van der Waals surface area contributed by atoms with Crippen molar-refractivity contribution in [2.75, 3.05) is 0 Å². The van der Waals surface area contributed by atoms with Crippen LogP contribution in [-0.2, 0) is 37.3 Å². The minimum absolute atomic E-state index is 0. The third-order valence-corrected chi connectivity index (χ3v) is 14.4. The molecule has 0 spiro atoms. The minimum atomic E-state index is -4.61. The van der Waals surface area contributed by atoms with Crippen LogP contribution in [0.3, 0.4) is 0 Å². The number of fused-ring (bicyclic) bond motifs is 11. The zero-order valence-electron chi connectivity index (χ0n) is 65.9. The number of rotatable bonds is 6. The van der Waals surface area contributed by atoms with Gasteiger partial charge in [0.2, 0.25) is 0 Å². The van der Waals surface area contributed by atoms with Crippen LogP contribution in [0.2, 0.25) is 0 Å². The summed E-state index contributed by atoms with van der Waals surface area (Å²) in [5.74, 6) is 1.17. The first-order valence-corrected chi connectivity index (χ1v) is 24.9. The third-order valence-electron chi connectivity index (χ3n) is 14.4. The molecular formula is C72H58N4OPt-2. The second-order valence-electron chi connectivity index (χ2n) is 20.3. The molecule has 1 aliphatic carbocycles. The predicted molar refractivity (Wildman–Crippen MR) is 315 cm³/mol. The van der Waals surface area contributed by atoms with Crippen molar-refractivity contribution in [1.82, 2.24) is 14.1 Å². The van der Waals surface area contributed by atoms with Gasteiger partial charge in [0.15, 0.2) is 0 Å². The van der Waals surface area contributed by atoms with Gasteiger partial charge in [-0.1, -0.05) is 199 Å². The van der Waals surface area contributed by atoms with Gasteiger partial charge in [-0.2, -0.15) is 18.2 Å². The molecule has 0 saturated carbocycles. The summed E-state index contributed by atoms with van der Waals surface area (Å²) in [6.07, 6.45) is -3.93. The molecule has 0 radical (unpaired) electrons. The molecule has 0 bridgehead atoms. The Bertz CT molecular complexity index is 5470. The molecule has 384 valence electrons. The number of para-hydroxylation sites is 3. The topological polar surface area (TPSA) is 35.9 Å². The molecule has 14 rings (SSSR count). The maximum atomic E-state index is 10.5. The SMILES string of the molecule is [2H]c1c([2H])c([2H])c(-c2cccc3c2-c2ccccc2-c2cccc4c2[n+]([c-]n4-c2[c-]c(Oc4[c-]c5c(cc4)c4ccccc4n5-c4cc(C(C)(C)C)ccn4)ccc2)-c2c-3cccc2-c2c([2H])c([2H])c3c(c2[2H])C(C([2H])([2H])[2H])(C([2H])([2H])[2H])C([2H])([2H])C([2H])([2H])C3(C([2H])([2H])[2H])C([2H])([2H])[2H])c([2H])c1[2H].[Pt]. The molecule has 9 aromatic carbocycles. The van der Waals surface area contributed by atoms with Crippen LogP contribution >= 0.6 is 0 Å². The van der Waals surface area contributed by atoms with Gasteiger partial charge in [0.25, 0.3) is 6.33 Å². The number of hydrogen-bond acceptors (Lipinski definition) is 2. The molecule has 0 atom stereocenters. The Balaban J connectivity index is 0.00000928. The van der Waals surface area contributed by atoms with Crippen molar-refractivity contribution in [3.05, 3.63) is 235 Å². The minimum Gasteiger partial charge on any atom is -0.510 e. The fourth-order valence-corrected chi connectivity index (χ4v) is 10.9. The van der Waals surface area contributed by atoms with Crippen molar-refractivity contribution in [2.24, 2.45) is 0 Å². The zero-order valence-corrected chi connectivity index (χ0v) is 44.2. The smallest absolute Gasteiger partial charge is 0.268 e. The largest absolute Gasteiger partial charge is 0.510 e. The van der Waals surface area contributed by atoms with E-state index in [2.05, 4.69) is 39.2 Å². The van der Waals surface area contributed by atoms with E-state index in [-0.39, 0.29) is 76.8 Å². The molecule has 0 amide bonds. The zero-order chi connectivity index (χ0) is 72.9. The monoisotopic (exact) mass is 1210 g/mol. The van der Waals surface area contributed by atoms with Crippen LogP contribution in [0.1, 0.15) is 111 Å². The van der Waals surface area contributed by atoms with Gasteiger partial charge in [0.05, 0.1) is 27.7 Å². The molecular weight excluding hydrogens is 1130 g/mol. The van der Waals surface area contributed by atoms with Gasteiger partial charge < -0.3 is 13.9 Å². The Morgan fingerprint density at radius 1 is 0.615 bits per heavy atom. The Morgan fingerprint density at radius 3 is 2.12 bits per heavy atom. The number of ether oxygens (including phenoxy) is 1. The quantitative estimate of drug-likeness (QED) is 0.123. The van der Waals surface area contributed by atoms with E-state index in [1.54, 1.807) is 102 Å². The van der Waals surface area contributed by atoms with Gasteiger partial charge in [0, 0.05) is 66.2 Å².